The standard InChI is InChI=1S/C11H17N5/c1(2-7-16-8-6-13-10-16)4-12-9-11-3-5-14-15-11/h3,5-6,8,10,12H,1-2,4,7,9H2,(H,14,15). The molecule has 5 heteroatoms. The van der Waals surface area contributed by atoms with Crippen LogP contribution < -0.4 is 5.32 Å². The van der Waals surface area contributed by atoms with E-state index in [0.717, 1.165) is 25.3 Å². The van der Waals surface area contributed by atoms with Gasteiger partial charge in [0.05, 0.1) is 6.33 Å². The third-order valence-electron chi connectivity index (χ3n) is 2.45. The first-order chi connectivity index (χ1) is 7.95. The Morgan fingerprint density at radius 2 is 2.31 bits per heavy atom. The number of aromatic amines is 1. The first-order valence-corrected chi connectivity index (χ1v) is 5.60. The number of rotatable bonds is 7. The Morgan fingerprint density at radius 1 is 1.31 bits per heavy atom. The molecule has 2 aromatic rings. The number of aromatic nitrogens is 4. The Bertz CT molecular complexity index is 327. The quantitative estimate of drug-likeness (QED) is 0.687. The van der Waals surface area contributed by atoms with Crippen molar-refractivity contribution in [2.24, 2.45) is 0 Å². The second kappa shape index (κ2) is 6.07. The lowest BCUT2D eigenvalue weighted by Gasteiger charge is -2.03. The molecule has 0 fully saturated rings. The van der Waals surface area contributed by atoms with Gasteiger partial charge in [0, 0.05) is 37.4 Å². The summed E-state index contributed by atoms with van der Waals surface area (Å²) in [7, 11) is 0. The van der Waals surface area contributed by atoms with E-state index in [1.807, 2.05) is 24.8 Å². The molecule has 0 atom stereocenters. The first kappa shape index (κ1) is 10.9. The molecule has 0 saturated carbocycles. The average Bonchev–Trinajstić information content (AvgIpc) is 2.96. The van der Waals surface area contributed by atoms with E-state index in [1.54, 1.807) is 6.20 Å². The smallest absolute Gasteiger partial charge is 0.0945 e. The minimum Gasteiger partial charge on any atom is -0.337 e. The lowest BCUT2D eigenvalue weighted by atomic mass is 10.3. The minimum atomic E-state index is 0.866. The summed E-state index contributed by atoms with van der Waals surface area (Å²) in [5, 5.41) is 10.2. The maximum Gasteiger partial charge on any atom is 0.0945 e. The van der Waals surface area contributed by atoms with Gasteiger partial charge in [-0.1, -0.05) is 0 Å². The number of H-pyrrole nitrogens is 1. The Balaban J connectivity index is 1.49. The van der Waals surface area contributed by atoms with Gasteiger partial charge in [-0.05, 0) is 25.5 Å². The van der Waals surface area contributed by atoms with Crippen LogP contribution in [-0.4, -0.2) is 26.3 Å². The number of nitrogens with zero attached hydrogens (tertiary/aromatic N) is 3. The summed E-state index contributed by atoms with van der Waals surface area (Å²) in [5.74, 6) is 0. The van der Waals surface area contributed by atoms with Crippen LogP contribution in [0.5, 0.6) is 0 Å². The number of unbranched alkanes of at least 4 members (excludes halogenated alkanes) is 1. The highest BCUT2D eigenvalue weighted by Crippen LogP contribution is 1.95. The van der Waals surface area contributed by atoms with E-state index in [0.29, 0.717) is 0 Å². The summed E-state index contributed by atoms with van der Waals surface area (Å²) >= 11 is 0. The molecule has 0 aliphatic rings. The van der Waals surface area contributed by atoms with Gasteiger partial charge in [0.2, 0.25) is 0 Å². The fourth-order valence-electron chi connectivity index (χ4n) is 1.57. The van der Waals surface area contributed by atoms with Crippen molar-refractivity contribution in [3.8, 4) is 0 Å². The monoisotopic (exact) mass is 219 g/mol. The molecule has 0 radical (unpaired) electrons. The summed E-state index contributed by atoms with van der Waals surface area (Å²) in [5.41, 5.74) is 1.13. The van der Waals surface area contributed by atoms with Crippen molar-refractivity contribution in [1.29, 1.82) is 0 Å². The van der Waals surface area contributed by atoms with E-state index in [2.05, 4.69) is 25.1 Å². The first-order valence-electron chi connectivity index (χ1n) is 5.60. The lowest BCUT2D eigenvalue weighted by molar-refractivity contribution is 0.565. The summed E-state index contributed by atoms with van der Waals surface area (Å²) in [6.07, 6.45) is 9.79. The number of hydrogen-bond acceptors (Lipinski definition) is 3. The molecular weight excluding hydrogens is 202 g/mol. The van der Waals surface area contributed by atoms with Crippen LogP contribution in [0.3, 0.4) is 0 Å². The zero-order chi connectivity index (χ0) is 11.1. The van der Waals surface area contributed by atoms with Crippen molar-refractivity contribution in [2.45, 2.75) is 25.9 Å². The molecule has 5 nitrogen and oxygen atoms in total. The van der Waals surface area contributed by atoms with E-state index >= 15 is 0 Å². The van der Waals surface area contributed by atoms with Gasteiger partial charge < -0.3 is 9.88 Å². The van der Waals surface area contributed by atoms with Gasteiger partial charge in [0.25, 0.3) is 0 Å². The van der Waals surface area contributed by atoms with Gasteiger partial charge in [-0.2, -0.15) is 5.10 Å². The molecule has 2 aromatic heterocycles. The highest BCUT2D eigenvalue weighted by Gasteiger charge is 1.93. The van der Waals surface area contributed by atoms with E-state index in [1.165, 1.54) is 12.8 Å². The third kappa shape index (κ3) is 3.51. The molecule has 0 aromatic carbocycles. The summed E-state index contributed by atoms with van der Waals surface area (Å²) in [6.45, 7) is 2.95. The van der Waals surface area contributed by atoms with Gasteiger partial charge in [0.1, 0.15) is 0 Å². The predicted octanol–water partition coefficient (Wildman–Crippen LogP) is 1.18. The van der Waals surface area contributed by atoms with Crippen LogP contribution in [0.25, 0.3) is 0 Å². The van der Waals surface area contributed by atoms with Crippen LogP contribution in [0.1, 0.15) is 18.5 Å². The molecule has 0 aliphatic heterocycles. The van der Waals surface area contributed by atoms with Crippen LogP contribution in [-0.2, 0) is 13.1 Å². The fraction of sp³-hybridized carbons (Fsp3) is 0.455. The van der Waals surface area contributed by atoms with Gasteiger partial charge in [-0.15, -0.1) is 0 Å². The van der Waals surface area contributed by atoms with E-state index < -0.39 is 0 Å². The van der Waals surface area contributed by atoms with Crippen LogP contribution in [0.4, 0.5) is 0 Å². The second-order valence-electron chi connectivity index (χ2n) is 3.77. The molecule has 2 N–H and O–H groups in total. The van der Waals surface area contributed by atoms with E-state index in [-0.39, 0.29) is 0 Å². The molecule has 0 bridgehead atoms. The van der Waals surface area contributed by atoms with Crippen molar-refractivity contribution in [3.05, 3.63) is 36.7 Å². The molecule has 0 aliphatic carbocycles. The molecule has 86 valence electrons. The molecule has 0 amide bonds. The number of hydrogen-bond donors (Lipinski definition) is 2. The maximum absolute atomic E-state index is 4.01. The maximum atomic E-state index is 4.01. The third-order valence-corrected chi connectivity index (χ3v) is 2.45. The number of imidazole rings is 1. The van der Waals surface area contributed by atoms with Gasteiger partial charge >= 0.3 is 0 Å². The van der Waals surface area contributed by atoms with Crippen molar-refractivity contribution >= 4 is 0 Å². The van der Waals surface area contributed by atoms with E-state index in [4.69, 9.17) is 0 Å². The van der Waals surface area contributed by atoms with Crippen LogP contribution >= 0.6 is 0 Å². The zero-order valence-corrected chi connectivity index (χ0v) is 9.26. The SMILES string of the molecule is c1cn(CCCCNCc2ccn[nH]2)cn1. The van der Waals surface area contributed by atoms with Gasteiger partial charge in [0.15, 0.2) is 0 Å². The Kier molecular flexibility index (Phi) is 4.13. The molecule has 2 rings (SSSR count). The Labute approximate surface area is 94.9 Å². The lowest BCUT2D eigenvalue weighted by Crippen LogP contribution is -2.15. The van der Waals surface area contributed by atoms with Crippen molar-refractivity contribution in [2.75, 3.05) is 6.54 Å². The molecule has 16 heavy (non-hydrogen) atoms. The van der Waals surface area contributed by atoms with Crippen LogP contribution in [0, 0.1) is 0 Å². The molecule has 0 unspecified atom stereocenters. The Morgan fingerprint density at radius 3 is 3.06 bits per heavy atom. The highest BCUT2D eigenvalue weighted by atomic mass is 15.1. The summed E-state index contributed by atoms with van der Waals surface area (Å²) in [6, 6.07) is 1.98. The predicted molar refractivity (Wildman–Crippen MR) is 61.8 cm³/mol. The fourth-order valence-corrected chi connectivity index (χ4v) is 1.57. The Hall–Kier alpha value is -1.62. The second-order valence-corrected chi connectivity index (χ2v) is 3.77. The van der Waals surface area contributed by atoms with Crippen molar-refractivity contribution in [3.63, 3.8) is 0 Å². The van der Waals surface area contributed by atoms with Gasteiger partial charge in [-0.25, -0.2) is 4.98 Å². The zero-order valence-electron chi connectivity index (χ0n) is 9.26. The molecule has 0 spiro atoms. The van der Waals surface area contributed by atoms with Crippen molar-refractivity contribution in [1.82, 2.24) is 25.1 Å². The largest absolute Gasteiger partial charge is 0.337 e. The minimum absolute atomic E-state index is 0.866. The summed E-state index contributed by atoms with van der Waals surface area (Å²) in [4.78, 5) is 4.01. The highest BCUT2D eigenvalue weighted by molar-refractivity contribution is 4.96. The van der Waals surface area contributed by atoms with Crippen molar-refractivity contribution < 1.29 is 0 Å². The van der Waals surface area contributed by atoms with Gasteiger partial charge in [-0.3, -0.25) is 5.10 Å². The van der Waals surface area contributed by atoms with Crippen LogP contribution in [0.2, 0.25) is 0 Å². The average molecular weight is 219 g/mol. The molecular formula is C11H17N5. The summed E-state index contributed by atoms with van der Waals surface area (Å²) < 4.78 is 2.11. The van der Waals surface area contributed by atoms with Crippen LogP contribution in [0.15, 0.2) is 31.0 Å². The number of nitrogens with one attached hydrogen (secondary N) is 2. The topological polar surface area (TPSA) is 58.5 Å². The molecule has 2 heterocycles. The normalized spacial score (nSPS) is 10.8. The molecule has 0 saturated heterocycles. The van der Waals surface area contributed by atoms with E-state index in [9.17, 15) is 0 Å². The number of aryl methyl sites for hydroxylation is 1.